The summed E-state index contributed by atoms with van der Waals surface area (Å²) in [6.07, 6.45) is 5.26. The van der Waals surface area contributed by atoms with E-state index in [0.29, 0.717) is 0 Å². The average Bonchev–Trinajstić information content (AvgIpc) is 2.40. The molecule has 1 saturated heterocycles. The molecule has 17 heavy (non-hydrogen) atoms. The van der Waals surface area contributed by atoms with Gasteiger partial charge >= 0.3 is 0 Å². The molecular weight excluding hydrogens is 232 g/mol. The van der Waals surface area contributed by atoms with Gasteiger partial charge in [0.1, 0.15) is 0 Å². The molecule has 2 N–H and O–H groups in total. The highest BCUT2D eigenvalue weighted by Gasteiger charge is 2.20. The van der Waals surface area contributed by atoms with Gasteiger partial charge in [0.05, 0.1) is 11.7 Å². The Morgan fingerprint density at radius 3 is 2.94 bits per heavy atom. The lowest BCUT2D eigenvalue weighted by Gasteiger charge is -2.23. The third-order valence-corrected chi connectivity index (χ3v) is 3.79. The van der Waals surface area contributed by atoms with Crippen LogP contribution in [0.1, 0.15) is 19.3 Å². The second-order valence-electron chi connectivity index (χ2n) is 4.19. The number of para-hydroxylation sites is 1. The molecule has 0 spiro atoms. The maximum Gasteiger partial charge on any atom is 0.241 e. The van der Waals surface area contributed by atoms with Gasteiger partial charge in [0.2, 0.25) is 5.91 Å². The minimum absolute atomic E-state index is 0.0290. The van der Waals surface area contributed by atoms with Crippen molar-refractivity contribution in [3.8, 4) is 0 Å². The predicted molar refractivity (Wildman–Crippen MR) is 72.5 cm³/mol. The third-order valence-electron chi connectivity index (χ3n) is 2.99. The van der Waals surface area contributed by atoms with Gasteiger partial charge in [0.25, 0.3) is 0 Å². The summed E-state index contributed by atoms with van der Waals surface area (Å²) in [5, 5.41) is 6.27. The summed E-state index contributed by atoms with van der Waals surface area (Å²) in [7, 11) is 0. The summed E-state index contributed by atoms with van der Waals surface area (Å²) < 4.78 is 0. The van der Waals surface area contributed by atoms with Crippen molar-refractivity contribution in [3.05, 3.63) is 24.3 Å². The molecule has 1 amide bonds. The van der Waals surface area contributed by atoms with Crippen molar-refractivity contribution in [2.45, 2.75) is 30.2 Å². The Kier molecular flexibility index (Phi) is 4.45. The van der Waals surface area contributed by atoms with E-state index in [2.05, 4.69) is 10.6 Å². The van der Waals surface area contributed by atoms with E-state index in [4.69, 9.17) is 0 Å². The van der Waals surface area contributed by atoms with Gasteiger partial charge in [-0.15, -0.1) is 11.8 Å². The zero-order valence-corrected chi connectivity index (χ0v) is 10.8. The van der Waals surface area contributed by atoms with Crippen LogP contribution in [0.25, 0.3) is 0 Å². The summed E-state index contributed by atoms with van der Waals surface area (Å²) in [5.74, 6) is 0.0891. The molecule has 1 heterocycles. The van der Waals surface area contributed by atoms with E-state index in [1.165, 1.54) is 6.42 Å². The molecule has 92 valence electrons. The third kappa shape index (κ3) is 3.23. The number of thioether (sulfide) groups is 1. The average molecular weight is 250 g/mol. The van der Waals surface area contributed by atoms with Crippen LogP contribution in [0.15, 0.2) is 29.2 Å². The molecule has 1 aromatic rings. The summed E-state index contributed by atoms with van der Waals surface area (Å²) in [6.45, 7) is 0.947. The fraction of sp³-hybridized carbons (Fsp3) is 0.462. The molecule has 0 unspecified atom stereocenters. The van der Waals surface area contributed by atoms with Crippen molar-refractivity contribution in [2.24, 2.45) is 0 Å². The van der Waals surface area contributed by atoms with Gasteiger partial charge < -0.3 is 10.6 Å². The summed E-state index contributed by atoms with van der Waals surface area (Å²) in [6, 6.07) is 7.88. The van der Waals surface area contributed by atoms with Crippen LogP contribution < -0.4 is 10.6 Å². The number of anilines is 1. The molecule has 1 fully saturated rings. The van der Waals surface area contributed by atoms with Gasteiger partial charge in [0, 0.05) is 4.90 Å². The summed E-state index contributed by atoms with van der Waals surface area (Å²) >= 11 is 1.65. The number of nitrogens with one attached hydrogen (secondary N) is 2. The van der Waals surface area contributed by atoms with Crippen LogP contribution in [0.5, 0.6) is 0 Å². The van der Waals surface area contributed by atoms with Crippen molar-refractivity contribution in [2.75, 3.05) is 18.1 Å². The lowest BCUT2D eigenvalue weighted by Crippen LogP contribution is -2.43. The highest BCUT2D eigenvalue weighted by Crippen LogP contribution is 2.25. The van der Waals surface area contributed by atoms with Crippen LogP contribution in [0.4, 0.5) is 5.69 Å². The Hall–Kier alpha value is -1.00. The van der Waals surface area contributed by atoms with Crippen molar-refractivity contribution >= 4 is 23.4 Å². The summed E-state index contributed by atoms with van der Waals surface area (Å²) in [5.41, 5.74) is 0.914. The molecule has 1 aliphatic rings. The SMILES string of the molecule is CSc1ccccc1NC(=O)[C@@H]1CCCCN1. The number of amides is 1. The fourth-order valence-electron chi connectivity index (χ4n) is 2.04. The van der Waals surface area contributed by atoms with Gasteiger partial charge in [-0.3, -0.25) is 4.79 Å². The number of benzene rings is 1. The second-order valence-corrected chi connectivity index (χ2v) is 5.04. The molecule has 0 radical (unpaired) electrons. The van der Waals surface area contributed by atoms with Crippen LogP contribution in [0, 0.1) is 0 Å². The normalized spacial score (nSPS) is 19.9. The Morgan fingerprint density at radius 1 is 1.41 bits per heavy atom. The van der Waals surface area contributed by atoms with Crippen LogP contribution in [-0.4, -0.2) is 24.7 Å². The first-order chi connectivity index (χ1) is 8.31. The lowest BCUT2D eigenvalue weighted by atomic mass is 10.0. The zero-order chi connectivity index (χ0) is 12.1. The maximum atomic E-state index is 12.1. The maximum absolute atomic E-state index is 12.1. The van der Waals surface area contributed by atoms with E-state index in [1.54, 1.807) is 11.8 Å². The minimum Gasteiger partial charge on any atom is -0.324 e. The molecule has 1 aliphatic heterocycles. The first-order valence-corrected chi connectivity index (χ1v) is 7.21. The van der Waals surface area contributed by atoms with E-state index in [-0.39, 0.29) is 11.9 Å². The highest BCUT2D eigenvalue weighted by molar-refractivity contribution is 7.98. The first-order valence-electron chi connectivity index (χ1n) is 5.98. The summed E-state index contributed by atoms with van der Waals surface area (Å²) in [4.78, 5) is 13.2. The number of hydrogen-bond donors (Lipinski definition) is 2. The Morgan fingerprint density at radius 2 is 2.24 bits per heavy atom. The predicted octanol–water partition coefficient (Wildman–Crippen LogP) is 2.49. The smallest absolute Gasteiger partial charge is 0.241 e. The van der Waals surface area contributed by atoms with Crippen LogP contribution in [0.3, 0.4) is 0 Å². The first kappa shape index (κ1) is 12.5. The van der Waals surface area contributed by atoms with Gasteiger partial charge in [-0.25, -0.2) is 0 Å². The molecule has 1 aromatic carbocycles. The Labute approximate surface area is 106 Å². The van der Waals surface area contributed by atoms with Gasteiger partial charge in [-0.2, -0.15) is 0 Å². The van der Waals surface area contributed by atoms with E-state index in [9.17, 15) is 4.79 Å². The molecule has 3 nitrogen and oxygen atoms in total. The standard InChI is InChI=1S/C13H18N2OS/c1-17-12-8-3-2-6-10(12)15-13(16)11-7-4-5-9-14-11/h2-3,6,8,11,14H,4-5,7,9H2,1H3,(H,15,16)/t11-/m0/s1. The molecule has 0 saturated carbocycles. The second kappa shape index (κ2) is 6.07. The molecular formula is C13H18N2OS. The van der Waals surface area contributed by atoms with Crippen LogP contribution >= 0.6 is 11.8 Å². The number of piperidine rings is 1. The topological polar surface area (TPSA) is 41.1 Å². The molecule has 0 bridgehead atoms. The van der Waals surface area contributed by atoms with Crippen molar-refractivity contribution in [1.29, 1.82) is 0 Å². The fourth-order valence-corrected chi connectivity index (χ4v) is 2.60. The van der Waals surface area contributed by atoms with E-state index in [0.717, 1.165) is 30.0 Å². The highest BCUT2D eigenvalue weighted by atomic mass is 32.2. The van der Waals surface area contributed by atoms with Crippen molar-refractivity contribution < 1.29 is 4.79 Å². The van der Waals surface area contributed by atoms with E-state index < -0.39 is 0 Å². The Balaban J connectivity index is 2.01. The minimum atomic E-state index is -0.0290. The van der Waals surface area contributed by atoms with E-state index in [1.807, 2.05) is 30.5 Å². The van der Waals surface area contributed by atoms with Crippen molar-refractivity contribution in [1.82, 2.24) is 5.32 Å². The molecule has 0 aliphatic carbocycles. The molecule has 4 heteroatoms. The number of carbonyl (C=O) groups is 1. The lowest BCUT2D eigenvalue weighted by molar-refractivity contribution is -0.118. The van der Waals surface area contributed by atoms with Crippen LogP contribution in [0.2, 0.25) is 0 Å². The van der Waals surface area contributed by atoms with Gasteiger partial charge in [0.15, 0.2) is 0 Å². The van der Waals surface area contributed by atoms with Gasteiger partial charge in [-0.05, 0) is 37.8 Å². The molecule has 2 rings (SSSR count). The zero-order valence-electron chi connectivity index (χ0n) is 10.0. The van der Waals surface area contributed by atoms with Crippen LogP contribution in [-0.2, 0) is 4.79 Å². The number of hydrogen-bond acceptors (Lipinski definition) is 3. The largest absolute Gasteiger partial charge is 0.324 e. The van der Waals surface area contributed by atoms with E-state index >= 15 is 0 Å². The molecule has 0 aromatic heterocycles. The molecule has 1 atom stereocenters. The monoisotopic (exact) mass is 250 g/mol. The van der Waals surface area contributed by atoms with Crippen molar-refractivity contribution in [3.63, 3.8) is 0 Å². The Bertz CT molecular complexity index is 389. The number of carbonyl (C=O) groups excluding carboxylic acids is 1. The van der Waals surface area contributed by atoms with Gasteiger partial charge in [-0.1, -0.05) is 18.6 Å². The quantitative estimate of drug-likeness (QED) is 0.810. The number of rotatable bonds is 3.